The molecule has 0 spiro atoms. The van der Waals surface area contributed by atoms with Gasteiger partial charge >= 0.3 is 0 Å². The molecule has 1 heterocycles. The van der Waals surface area contributed by atoms with E-state index in [-0.39, 0.29) is 12.4 Å². The van der Waals surface area contributed by atoms with Crippen molar-refractivity contribution in [2.24, 2.45) is 0 Å². The van der Waals surface area contributed by atoms with E-state index in [0.717, 1.165) is 37.1 Å². The molecule has 2 rings (SSSR count). The monoisotopic (exact) mass is 277 g/mol. The molecule has 1 N–H and O–H groups in total. The topological polar surface area (TPSA) is 49.8 Å². The van der Waals surface area contributed by atoms with E-state index < -0.39 is 0 Å². The Morgan fingerprint density at radius 1 is 1.35 bits per heavy atom. The van der Waals surface area contributed by atoms with E-state index in [1.807, 2.05) is 24.3 Å². The summed E-state index contributed by atoms with van der Waals surface area (Å²) in [4.78, 5) is 14.5. The minimum absolute atomic E-state index is 0.137. The van der Waals surface area contributed by atoms with Gasteiger partial charge in [-0.05, 0) is 50.1 Å². The molecule has 0 aromatic heterocycles. The van der Waals surface area contributed by atoms with Gasteiger partial charge in [0.05, 0.1) is 13.7 Å². The first kappa shape index (κ1) is 15.0. The number of carbonyl (C=O) groups excluding carboxylic acids is 1. The van der Waals surface area contributed by atoms with Crippen molar-refractivity contribution in [2.75, 3.05) is 26.8 Å². The fourth-order valence-corrected chi connectivity index (χ4v) is 2.80. The van der Waals surface area contributed by atoms with Crippen LogP contribution in [0.3, 0.4) is 0 Å². The van der Waals surface area contributed by atoms with Crippen LogP contribution in [-0.2, 0) is 0 Å². The van der Waals surface area contributed by atoms with Crippen molar-refractivity contribution >= 4 is 5.78 Å². The smallest absolute Gasteiger partial charge is 0.176 e. The summed E-state index contributed by atoms with van der Waals surface area (Å²) in [6.45, 7) is 1.58. The molecule has 110 valence electrons. The summed E-state index contributed by atoms with van der Waals surface area (Å²) in [5.74, 6) is 0.898. The molecule has 1 unspecified atom stereocenters. The van der Waals surface area contributed by atoms with Crippen LogP contribution >= 0.6 is 0 Å². The van der Waals surface area contributed by atoms with Crippen LogP contribution in [0.1, 0.15) is 36.0 Å². The van der Waals surface area contributed by atoms with E-state index in [1.165, 1.54) is 6.42 Å². The Morgan fingerprint density at radius 2 is 2.10 bits per heavy atom. The van der Waals surface area contributed by atoms with Crippen LogP contribution in [-0.4, -0.2) is 48.6 Å². The average Bonchev–Trinajstić information content (AvgIpc) is 2.49. The number of likely N-dealkylation sites (tertiary alicyclic amines) is 1. The quantitative estimate of drug-likeness (QED) is 0.809. The van der Waals surface area contributed by atoms with Crippen molar-refractivity contribution < 1.29 is 14.6 Å². The van der Waals surface area contributed by atoms with Crippen LogP contribution in [0.25, 0.3) is 0 Å². The summed E-state index contributed by atoms with van der Waals surface area (Å²) >= 11 is 0. The van der Waals surface area contributed by atoms with Crippen LogP contribution in [0.5, 0.6) is 5.75 Å². The van der Waals surface area contributed by atoms with Crippen molar-refractivity contribution in [1.82, 2.24) is 4.90 Å². The second kappa shape index (κ2) is 7.41. The zero-order valence-corrected chi connectivity index (χ0v) is 12.0. The number of aliphatic hydroxyl groups is 1. The standard InChI is InChI=1S/C16H23NO3/c1-20-15-7-5-13(6-8-15)16(19)12-17-10-3-2-4-14(17)9-11-18/h5-8,14,18H,2-4,9-12H2,1H3. The minimum Gasteiger partial charge on any atom is -0.497 e. The van der Waals surface area contributed by atoms with Crippen LogP contribution in [0.2, 0.25) is 0 Å². The average molecular weight is 277 g/mol. The van der Waals surface area contributed by atoms with Crippen molar-refractivity contribution in [2.45, 2.75) is 31.7 Å². The third kappa shape index (κ3) is 3.81. The number of methoxy groups -OCH3 is 1. The molecule has 1 fully saturated rings. The molecule has 1 aromatic rings. The van der Waals surface area contributed by atoms with Crippen LogP contribution in [0, 0.1) is 0 Å². The van der Waals surface area contributed by atoms with E-state index in [2.05, 4.69) is 4.90 Å². The lowest BCUT2D eigenvalue weighted by Crippen LogP contribution is -2.43. The van der Waals surface area contributed by atoms with Gasteiger partial charge < -0.3 is 9.84 Å². The Labute approximate surface area is 120 Å². The highest BCUT2D eigenvalue weighted by molar-refractivity contribution is 5.97. The molecule has 0 saturated carbocycles. The number of ether oxygens (including phenoxy) is 1. The maximum atomic E-state index is 12.3. The molecular weight excluding hydrogens is 254 g/mol. The van der Waals surface area contributed by atoms with Crippen molar-refractivity contribution in [3.63, 3.8) is 0 Å². The number of ketones is 1. The fourth-order valence-electron chi connectivity index (χ4n) is 2.80. The number of hydrogen-bond acceptors (Lipinski definition) is 4. The van der Waals surface area contributed by atoms with Crippen LogP contribution in [0.4, 0.5) is 0 Å². The molecule has 0 aliphatic carbocycles. The number of Topliss-reactive ketones (excluding diaryl/α,β-unsaturated/α-hetero) is 1. The first-order valence-corrected chi connectivity index (χ1v) is 7.26. The number of carbonyl (C=O) groups is 1. The van der Waals surface area contributed by atoms with E-state index in [9.17, 15) is 4.79 Å². The Kier molecular flexibility index (Phi) is 5.56. The molecule has 1 aliphatic rings. The molecule has 1 aromatic carbocycles. The zero-order valence-electron chi connectivity index (χ0n) is 12.0. The van der Waals surface area contributed by atoms with Gasteiger partial charge in [-0.2, -0.15) is 0 Å². The maximum absolute atomic E-state index is 12.3. The lowest BCUT2D eigenvalue weighted by atomic mass is 9.98. The van der Waals surface area contributed by atoms with Gasteiger partial charge in [0.25, 0.3) is 0 Å². The highest BCUT2D eigenvalue weighted by Crippen LogP contribution is 2.20. The van der Waals surface area contributed by atoms with E-state index >= 15 is 0 Å². The number of aliphatic hydroxyl groups excluding tert-OH is 1. The van der Waals surface area contributed by atoms with Crippen LogP contribution < -0.4 is 4.74 Å². The maximum Gasteiger partial charge on any atom is 0.176 e. The van der Waals surface area contributed by atoms with Crippen molar-refractivity contribution in [1.29, 1.82) is 0 Å². The summed E-state index contributed by atoms with van der Waals surface area (Å²) in [6, 6.07) is 7.60. The van der Waals surface area contributed by atoms with Gasteiger partial charge in [-0.15, -0.1) is 0 Å². The first-order chi connectivity index (χ1) is 9.74. The lowest BCUT2D eigenvalue weighted by Gasteiger charge is -2.34. The molecule has 0 radical (unpaired) electrons. The summed E-state index contributed by atoms with van der Waals surface area (Å²) in [5.41, 5.74) is 0.721. The van der Waals surface area contributed by atoms with Gasteiger partial charge in [0.1, 0.15) is 5.75 Å². The third-order valence-corrected chi connectivity index (χ3v) is 3.97. The van der Waals surface area contributed by atoms with Gasteiger partial charge in [-0.1, -0.05) is 6.42 Å². The summed E-state index contributed by atoms with van der Waals surface area (Å²) in [6.07, 6.45) is 4.17. The number of nitrogens with zero attached hydrogens (tertiary/aromatic N) is 1. The largest absolute Gasteiger partial charge is 0.497 e. The Bertz CT molecular complexity index is 428. The highest BCUT2D eigenvalue weighted by Gasteiger charge is 2.24. The van der Waals surface area contributed by atoms with Gasteiger partial charge in [0.15, 0.2) is 5.78 Å². The first-order valence-electron chi connectivity index (χ1n) is 7.26. The molecule has 4 heteroatoms. The van der Waals surface area contributed by atoms with Crippen molar-refractivity contribution in [3.8, 4) is 5.75 Å². The normalized spacial score (nSPS) is 19.8. The zero-order chi connectivity index (χ0) is 14.4. The molecule has 0 bridgehead atoms. The van der Waals surface area contributed by atoms with E-state index in [4.69, 9.17) is 9.84 Å². The molecule has 1 aliphatic heterocycles. The van der Waals surface area contributed by atoms with E-state index in [1.54, 1.807) is 7.11 Å². The number of benzene rings is 1. The molecule has 20 heavy (non-hydrogen) atoms. The number of piperidine rings is 1. The second-order valence-electron chi connectivity index (χ2n) is 5.28. The SMILES string of the molecule is COc1ccc(C(=O)CN2CCCCC2CCO)cc1. The highest BCUT2D eigenvalue weighted by atomic mass is 16.5. The Morgan fingerprint density at radius 3 is 2.75 bits per heavy atom. The van der Waals surface area contributed by atoms with Gasteiger partial charge in [0, 0.05) is 18.2 Å². The van der Waals surface area contributed by atoms with Crippen molar-refractivity contribution in [3.05, 3.63) is 29.8 Å². The third-order valence-electron chi connectivity index (χ3n) is 3.97. The predicted molar refractivity (Wildman–Crippen MR) is 78.2 cm³/mol. The van der Waals surface area contributed by atoms with E-state index in [0.29, 0.717) is 12.6 Å². The summed E-state index contributed by atoms with van der Waals surface area (Å²) in [7, 11) is 1.62. The molecular formula is C16H23NO3. The molecule has 0 amide bonds. The summed E-state index contributed by atoms with van der Waals surface area (Å²) in [5, 5.41) is 9.12. The lowest BCUT2D eigenvalue weighted by molar-refractivity contribution is 0.0799. The van der Waals surface area contributed by atoms with Gasteiger partial charge in [-0.25, -0.2) is 0 Å². The molecule has 4 nitrogen and oxygen atoms in total. The fraction of sp³-hybridized carbons (Fsp3) is 0.562. The second-order valence-corrected chi connectivity index (χ2v) is 5.28. The molecule has 1 atom stereocenters. The predicted octanol–water partition coefficient (Wildman–Crippen LogP) is 2.11. The van der Waals surface area contributed by atoms with Crippen LogP contribution in [0.15, 0.2) is 24.3 Å². The number of rotatable bonds is 6. The molecule has 1 saturated heterocycles. The summed E-state index contributed by atoms with van der Waals surface area (Å²) < 4.78 is 5.10. The Balaban J connectivity index is 1.97. The van der Waals surface area contributed by atoms with Gasteiger partial charge in [0.2, 0.25) is 0 Å². The number of hydrogen-bond donors (Lipinski definition) is 1. The Hall–Kier alpha value is -1.39. The van der Waals surface area contributed by atoms with Gasteiger partial charge in [-0.3, -0.25) is 9.69 Å². The minimum atomic E-state index is 0.137.